The van der Waals surface area contributed by atoms with Gasteiger partial charge < -0.3 is 24.1 Å². The van der Waals surface area contributed by atoms with Crippen LogP contribution >= 0.6 is 0 Å². The molecule has 0 atom stereocenters. The minimum atomic E-state index is -1.22. The number of rotatable bonds is 20. The number of unbranched alkanes of at least 4 members (excludes halogenated alkanes) is 4. The number of ketones is 1. The van der Waals surface area contributed by atoms with E-state index in [2.05, 4.69) is 32.9 Å². The first kappa shape index (κ1) is 38.3. The number of benzene rings is 4. The van der Waals surface area contributed by atoms with Crippen LogP contribution in [0.25, 0.3) is 28.0 Å². The Hall–Kier alpha value is -4.47. The van der Waals surface area contributed by atoms with Crippen LogP contribution in [0.2, 0.25) is 0 Å². The first-order valence-corrected chi connectivity index (χ1v) is 19.3. The Morgan fingerprint density at radius 3 is 1.34 bits per heavy atom. The second-order valence-electron chi connectivity index (χ2n) is 13.8. The number of hydrogen-bond acceptors (Lipinski definition) is 8. The zero-order chi connectivity index (χ0) is 37.4. The van der Waals surface area contributed by atoms with Crippen molar-refractivity contribution in [2.24, 2.45) is 5.18 Å². The number of nitrogens with zero attached hydrogens (tertiary/aromatic N) is 1. The van der Waals surface area contributed by atoms with Crippen molar-refractivity contribution in [1.82, 2.24) is 0 Å². The van der Waals surface area contributed by atoms with Gasteiger partial charge in [0, 0.05) is 33.4 Å². The van der Waals surface area contributed by atoms with Crippen molar-refractivity contribution in [3.8, 4) is 22.3 Å². The summed E-state index contributed by atoms with van der Waals surface area (Å²) in [6.45, 7) is 10.3. The van der Waals surface area contributed by atoms with Crippen molar-refractivity contribution < 1.29 is 28.8 Å². The highest BCUT2D eigenvalue weighted by atomic mass is 16.7. The molecule has 0 fully saturated rings. The molecule has 4 aromatic carbocycles. The molecule has 0 saturated carbocycles. The van der Waals surface area contributed by atoms with Gasteiger partial charge in [-0.25, -0.2) is 0 Å². The third-order valence-electron chi connectivity index (χ3n) is 10.2. The predicted molar refractivity (Wildman–Crippen MR) is 208 cm³/mol. The van der Waals surface area contributed by atoms with Gasteiger partial charge in [-0.3, -0.25) is 4.79 Å². The lowest BCUT2D eigenvalue weighted by molar-refractivity contribution is -0.216. The Morgan fingerprint density at radius 1 is 0.547 bits per heavy atom. The third kappa shape index (κ3) is 7.13. The Labute approximate surface area is 313 Å². The van der Waals surface area contributed by atoms with Crippen LogP contribution in [-0.4, -0.2) is 37.3 Å². The molecule has 0 spiro atoms. The average Bonchev–Trinajstić information content (AvgIpc) is 3.62. The highest BCUT2D eigenvalue weighted by Gasteiger charge is 2.47. The van der Waals surface area contributed by atoms with Crippen LogP contribution in [0.3, 0.4) is 0 Å². The second-order valence-corrected chi connectivity index (χ2v) is 13.8. The molecule has 6 rings (SSSR count). The van der Waals surface area contributed by atoms with Crippen molar-refractivity contribution in [2.75, 3.05) is 26.4 Å². The minimum absolute atomic E-state index is 0.189. The van der Waals surface area contributed by atoms with E-state index in [1.54, 1.807) is 24.3 Å². The number of nitroso groups, excluding NO2 is 1. The number of Topliss-reactive ketones (excluding diaryl/α,β-unsaturated/α-hetero) is 1. The summed E-state index contributed by atoms with van der Waals surface area (Å²) in [5.74, 6) is -3.66. The number of hydrogen-bond donors (Lipinski definition) is 1. The molecular weight excluding hydrogens is 666 g/mol. The maximum Gasteiger partial charge on any atom is 0.223 e. The van der Waals surface area contributed by atoms with E-state index in [4.69, 9.17) is 18.9 Å². The lowest BCUT2D eigenvalue weighted by Gasteiger charge is -2.32. The van der Waals surface area contributed by atoms with Gasteiger partial charge in [0.15, 0.2) is 11.5 Å². The standard InChI is InChI=1S/C45H51NO7/c1-5-9-25-50-44(51-26-10-6-2)37-19-15-13-17-33(37)35-23-21-31(29-39(35)44)42(47)41(46-49)43(48)32-22-24-36-34-18-14-16-20-38(34)45(40(36)30-32,52-27-11-7-3)53-28-12-8-4/h13-24,29-30,47H,5-12,25-28H2,1-4H3. The van der Waals surface area contributed by atoms with E-state index in [1.807, 2.05) is 60.7 Å². The van der Waals surface area contributed by atoms with Gasteiger partial charge in [-0.15, -0.1) is 4.91 Å². The molecule has 0 amide bonds. The van der Waals surface area contributed by atoms with Crippen LogP contribution < -0.4 is 0 Å². The molecule has 2 aliphatic rings. The smallest absolute Gasteiger partial charge is 0.223 e. The molecule has 0 aromatic heterocycles. The lowest BCUT2D eigenvalue weighted by Crippen LogP contribution is -2.33. The number of carbonyl (C=O) groups is 1. The number of fused-ring (bicyclic) bond motifs is 6. The molecule has 53 heavy (non-hydrogen) atoms. The first-order chi connectivity index (χ1) is 25.9. The molecule has 8 heteroatoms. The zero-order valence-electron chi connectivity index (χ0n) is 31.4. The Balaban J connectivity index is 1.42. The number of allylic oxidation sites excluding steroid dienone is 1. The largest absolute Gasteiger partial charge is 0.505 e. The molecule has 1 N–H and O–H groups in total. The van der Waals surface area contributed by atoms with Crippen LogP contribution in [0, 0.1) is 4.91 Å². The normalized spacial score (nSPS) is 14.9. The summed E-state index contributed by atoms with van der Waals surface area (Å²) in [6.07, 6.45) is 7.15. The molecule has 0 unspecified atom stereocenters. The third-order valence-corrected chi connectivity index (χ3v) is 10.2. The molecule has 0 aliphatic heterocycles. The first-order valence-electron chi connectivity index (χ1n) is 19.3. The van der Waals surface area contributed by atoms with E-state index in [0.29, 0.717) is 37.6 Å². The highest BCUT2D eigenvalue weighted by Crippen LogP contribution is 2.53. The van der Waals surface area contributed by atoms with Gasteiger partial charge in [-0.1, -0.05) is 126 Å². The molecule has 0 radical (unpaired) electrons. The highest BCUT2D eigenvalue weighted by molar-refractivity contribution is 6.12. The summed E-state index contributed by atoms with van der Waals surface area (Å²) < 4.78 is 26.5. The summed E-state index contributed by atoms with van der Waals surface area (Å²) in [6, 6.07) is 26.5. The van der Waals surface area contributed by atoms with Crippen LogP contribution in [0.1, 0.15) is 117 Å². The number of carbonyl (C=O) groups excluding carboxylic acids is 1. The van der Waals surface area contributed by atoms with E-state index in [0.717, 1.165) is 84.7 Å². The van der Waals surface area contributed by atoms with Crippen LogP contribution in [-0.2, 0) is 30.5 Å². The summed E-state index contributed by atoms with van der Waals surface area (Å²) in [5.41, 5.74) is 6.75. The molecule has 2 aliphatic carbocycles. The molecular formula is C45H51NO7. The van der Waals surface area contributed by atoms with Crippen molar-refractivity contribution in [3.63, 3.8) is 0 Å². The number of aliphatic hydroxyl groups is 1. The Kier molecular flexibility index (Phi) is 12.4. The van der Waals surface area contributed by atoms with Gasteiger partial charge in [-0.2, -0.15) is 0 Å². The Bertz CT molecular complexity index is 1940. The average molecular weight is 718 g/mol. The SMILES string of the molecule is CCCCOC1(OCCCC)c2ccccc2-c2ccc(C(=O)C(N=O)=C(O)c3ccc4c(c3)C(OCCCC)(OCCCC)c3ccccc3-4)cc21. The van der Waals surface area contributed by atoms with Gasteiger partial charge in [0.05, 0.1) is 26.4 Å². The van der Waals surface area contributed by atoms with Gasteiger partial charge in [0.2, 0.25) is 17.4 Å². The summed E-state index contributed by atoms with van der Waals surface area (Å²) in [4.78, 5) is 26.8. The summed E-state index contributed by atoms with van der Waals surface area (Å²) in [7, 11) is 0. The number of aliphatic hydroxyl groups excluding tert-OH is 1. The van der Waals surface area contributed by atoms with E-state index in [1.165, 1.54) is 0 Å². The van der Waals surface area contributed by atoms with E-state index in [-0.39, 0.29) is 11.1 Å². The van der Waals surface area contributed by atoms with Crippen molar-refractivity contribution in [1.29, 1.82) is 0 Å². The molecule has 4 aromatic rings. The fourth-order valence-electron chi connectivity index (χ4n) is 7.30. The molecule has 8 nitrogen and oxygen atoms in total. The van der Waals surface area contributed by atoms with Crippen LogP contribution in [0.5, 0.6) is 0 Å². The Morgan fingerprint density at radius 2 is 0.925 bits per heavy atom. The topological polar surface area (TPSA) is 104 Å². The van der Waals surface area contributed by atoms with E-state index in [9.17, 15) is 14.8 Å². The van der Waals surface area contributed by atoms with Crippen LogP contribution in [0.4, 0.5) is 0 Å². The lowest BCUT2D eigenvalue weighted by atomic mass is 9.96. The quantitative estimate of drug-likeness (QED) is 0.0242. The fourth-order valence-corrected chi connectivity index (χ4v) is 7.30. The number of ether oxygens (including phenoxy) is 4. The van der Waals surface area contributed by atoms with Gasteiger partial charge in [-0.05, 0) is 65.2 Å². The summed E-state index contributed by atoms with van der Waals surface area (Å²) in [5, 5.41) is 14.8. The van der Waals surface area contributed by atoms with Gasteiger partial charge in [0.25, 0.3) is 0 Å². The second kappa shape index (κ2) is 17.1. The van der Waals surface area contributed by atoms with Gasteiger partial charge in [0.1, 0.15) is 0 Å². The van der Waals surface area contributed by atoms with E-state index < -0.39 is 28.8 Å². The van der Waals surface area contributed by atoms with Gasteiger partial charge >= 0.3 is 0 Å². The maximum atomic E-state index is 14.2. The summed E-state index contributed by atoms with van der Waals surface area (Å²) >= 11 is 0. The van der Waals surface area contributed by atoms with Crippen LogP contribution in [0.15, 0.2) is 95.8 Å². The van der Waals surface area contributed by atoms with Crippen molar-refractivity contribution in [3.05, 3.63) is 129 Å². The predicted octanol–water partition coefficient (Wildman–Crippen LogP) is 11.2. The molecule has 0 heterocycles. The monoisotopic (exact) mass is 717 g/mol. The minimum Gasteiger partial charge on any atom is -0.505 e. The maximum absolute atomic E-state index is 14.2. The molecule has 0 bridgehead atoms. The van der Waals surface area contributed by atoms with Crippen molar-refractivity contribution >= 4 is 11.5 Å². The molecule has 278 valence electrons. The zero-order valence-corrected chi connectivity index (χ0v) is 31.4. The molecule has 0 saturated heterocycles. The van der Waals surface area contributed by atoms with Crippen molar-refractivity contribution in [2.45, 2.75) is 90.6 Å². The fraction of sp³-hybridized carbons (Fsp3) is 0.400. The van der Waals surface area contributed by atoms with E-state index >= 15 is 0 Å².